The highest BCUT2D eigenvalue weighted by atomic mass is 79.9. The molecule has 0 aliphatic heterocycles. The molecule has 0 amide bonds. The Bertz CT molecular complexity index is 580. The highest BCUT2D eigenvalue weighted by Crippen LogP contribution is 2.33. The van der Waals surface area contributed by atoms with E-state index in [4.69, 9.17) is 4.74 Å². The molecule has 2 aromatic carbocycles. The Morgan fingerprint density at radius 3 is 2.84 bits per heavy atom. The molecule has 0 heterocycles. The molecule has 0 spiro atoms. The molecule has 0 aromatic heterocycles. The molecule has 0 saturated heterocycles. The molecule has 2 nitrogen and oxygen atoms in total. The van der Waals surface area contributed by atoms with Crippen molar-refractivity contribution in [1.29, 1.82) is 0 Å². The van der Waals surface area contributed by atoms with Crippen LogP contribution in [0.3, 0.4) is 0 Å². The highest BCUT2D eigenvalue weighted by molar-refractivity contribution is 9.10. The number of rotatable bonds is 5. The summed E-state index contributed by atoms with van der Waals surface area (Å²) in [5.41, 5.74) is 0. The third kappa shape index (κ3) is 3.10. The second-order valence-electron chi connectivity index (χ2n) is 5.21. The van der Waals surface area contributed by atoms with Crippen LogP contribution in [-0.4, -0.2) is 18.7 Å². The van der Waals surface area contributed by atoms with E-state index in [-0.39, 0.29) is 6.10 Å². The van der Waals surface area contributed by atoms with Crippen LogP contribution in [0.5, 0.6) is 5.75 Å². The van der Waals surface area contributed by atoms with Gasteiger partial charge in [0.05, 0.1) is 4.47 Å². The first-order valence-corrected chi connectivity index (χ1v) is 7.60. The number of ether oxygens (including phenoxy) is 1. The van der Waals surface area contributed by atoms with E-state index in [2.05, 4.69) is 58.5 Å². The molecule has 1 saturated carbocycles. The van der Waals surface area contributed by atoms with E-state index in [0.29, 0.717) is 0 Å². The van der Waals surface area contributed by atoms with E-state index in [1.165, 1.54) is 23.6 Å². The van der Waals surface area contributed by atoms with Gasteiger partial charge in [-0.1, -0.05) is 30.3 Å². The van der Waals surface area contributed by atoms with E-state index < -0.39 is 0 Å². The van der Waals surface area contributed by atoms with Crippen LogP contribution in [0.4, 0.5) is 0 Å². The molecule has 2 aromatic rings. The number of fused-ring (bicyclic) bond motifs is 1. The van der Waals surface area contributed by atoms with Crippen LogP contribution >= 0.6 is 15.9 Å². The summed E-state index contributed by atoms with van der Waals surface area (Å²) in [4.78, 5) is 0. The minimum atomic E-state index is 0.179. The second kappa shape index (κ2) is 5.51. The number of nitrogens with one attached hydrogen (secondary N) is 1. The van der Waals surface area contributed by atoms with Crippen molar-refractivity contribution in [2.45, 2.75) is 31.9 Å². The minimum absolute atomic E-state index is 0.179. The summed E-state index contributed by atoms with van der Waals surface area (Å²) in [6.45, 7) is 3.01. The first-order chi connectivity index (χ1) is 9.24. The number of halogens is 1. The maximum atomic E-state index is 6.02. The van der Waals surface area contributed by atoms with Gasteiger partial charge in [0.25, 0.3) is 0 Å². The summed E-state index contributed by atoms with van der Waals surface area (Å²) in [6, 6.07) is 13.2. The fourth-order valence-electron chi connectivity index (χ4n) is 2.18. The van der Waals surface area contributed by atoms with E-state index in [9.17, 15) is 0 Å². The van der Waals surface area contributed by atoms with Crippen molar-refractivity contribution in [2.75, 3.05) is 6.54 Å². The fraction of sp³-hybridized carbons (Fsp3) is 0.375. The highest BCUT2D eigenvalue weighted by Gasteiger charge is 2.21. The third-order valence-corrected chi connectivity index (χ3v) is 4.25. The van der Waals surface area contributed by atoms with Crippen LogP contribution < -0.4 is 10.1 Å². The Kier molecular flexibility index (Phi) is 3.76. The summed E-state index contributed by atoms with van der Waals surface area (Å²) in [7, 11) is 0. The van der Waals surface area contributed by atoms with Crippen molar-refractivity contribution in [2.24, 2.45) is 0 Å². The van der Waals surface area contributed by atoms with Gasteiger partial charge in [-0.25, -0.2) is 0 Å². The van der Waals surface area contributed by atoms with Crippen molar-refractivity contribution < 1.29 is 4.74 Å². The van der Waals surface area contributed by atoms with Crippen LogP contribution in [0, 0.1) is 0 Å². The van der Waals surface area contributed by atoms with Crippen molar-refractivity contribution in [1.82, 2.24) is 5.32 Å². The maximum absolute atomic E-state index is 6.02. The summed E-state index contributed by atoms with van der Waals surface area (Å²) < 4.78 is 7.07. The predicted molar refractivity (Wildman–Crippen MR) is 82.8 cm³/mol. The number of benzene rings is 2. The summed E-state index contributed by atoms with van der Waals surface area (Å²) in [6.07, 6.45) is 2.80. The Morgan fingerprint density at radius 1 is 1.26 bits per heavy atom. The Labute approximate surface area is 122 Å². The predicted octanol–water partition coefficient (Wildman–Crippen LogP) is 4.12. The SMILES string of the molecule is CC(CNC1CC1)Oc1ccc2ccccc2c1Br. The lowest BCUT2D eigenvalue weighted by Gasteiger charge is -2.17. The fourth-order valence-corrected chi connectivity index (χ4v) is 2.77. The normalized spacial score (nSPS) is 16.5. The molecule has 19 heavy (non-hydrogen) atoms. The zero-order valence-corrected chi connectivity index (χ0v) is 12.6. The van der Waals surface area contributed by atoms with Gasteiger partial charge in [0.2, 0.25) is 0 Å². The van der Waals surface area contributed by atoms with Gasteiger partial charge in [0.1, 0.15) is 11.9 Å². The van der Waals surface area contributed by atoms with E-state index >= 15 is 0 Å². The third-order valence-electron chi connectivity index (χ3n) is 3.43. The minimum Gasteiger partial charge on any atom is -0.488 e. The molecule has 3 rings (SSSR count). The first kappa shape index (κ1) is 12.9. The van der Waals surface area contributed by atoms with Crippen molar-refractivity contribution in [3.05, 3.63) is 40.9 Å². The zero-order valence-electron chi connectivity index (χ0n) is 11.0. The van der Waals surface area contributed by atoms with Crippen LogP contribution in [0.1, 0.15) is 19.8 Å². The smallest absolute Gasteiger partial charge is 0.134 e. The molecule has 1 atom stereocenters. The lowest BCUT2D eigenvalue weighted by atomic mass is 10.1. The van der Waals surface area contributed by atoms with Crippen LogP contribution in [-0.2, 0) is 0 Å². The molecule has 3 heteroatoms. The van der Waals surface area contributed by atoms with E-state index in [0.717, 1.165) is 22.8 Å². The molecule has 1 aliphatic carbocycles. The number of hydrogen-bond acceptors (Lipinski definition) is 2. The standard InChI is InChI=1S/C16H18BrNO/c1-11(10-18-13-7-8-13)19-15-9-6-12-4-2-3-5-14(12)16(15)17/h2-6,9,11,13,18H,7-8,10H2,1H3. The van der Waals surface area contributed by atoms with Crippen LogP contribution in [0.15, 0.2) is 40.9 Å². The van der Waals surface area contributed by atoms with Crippen LogP contribution in [0.25, 0.3) is 10.8 Å². The number of hydrogen-bond donors (Lipinski definition) is 1. The molecule has 1 N–H and O–H groups in total. The Morgan fingerprint density at radius 2 is 2.05 bits per heavy atom. The van der Waals surface area contributed by atoms with Gasteiger partial charge >= 0.3 is 0 Å². The molecular formula is C16H18BrNO. The topological polar surface area (TPSA) is 21.3 Å². The molecule has 1 aliphatic rings. The largest absolute Gasteiger partial charge is 0.488 e. The summed E-state index contributed by atoms with van der Waals surface area (Å²) >= 11 is 3.66. The van der Waals surface area contributed by atoms with Gasteiger partial charge in [-0.15, -0.1) is 0 Å². The van der Waals surface area contributed by atoms with Gasteiger partial charge in [0, 0.05) is 12.6 Å². The summed E-state index contributed by atoms with van der Waals surface area (Å²) in [5.74, 6) is 0.920. The van der Waals surface area contributed by atoms with Crippen molar-refractivity contribution in [3.8, 4) is 5.75 Å². The Hall–Kier alpha value is -1.06. The first-order valence-electron chi connectivity index (χ1n) is 6.81. The van der Waals surface area contributed by atoms with Gasteiger partial charge in [-0.3, -0.25) is 0 Å². The molecule has 0 radical (unpaired) electrons. The molecule has 100 valence electrons. The lowest BCUT2D eigenvalue weighted by Crippen LogP contribution is -2.30. The average molecular weight is 320 g/mol. The van der Waals surface area contributed by atoms with Crippen molar-refractivity contribution in [3.63, 3.8) is 0 Å². The van der Waals surface area contributed by atoms with Gasteiger partial charge in [-0.2, -0.15) is 0 Å². The van der Waals surface area contributed by atoms with Gasteiger partial charge < -0.3 is 10.1 Å². The maximum Gasteiger partial charge on any atom is 0.134 e. The zero-order chi connectivity index (χ0) is 13.2. The van der Waals surface area contributed by atoms with E-state index in [1.54, 1.807) is 0 Å². The quantitative estimate of drug-likeness (QED) is 0.895. The molecular weight excluding hydrogens is 302 g/mol. The summed E-state index contributed by atoms with van der Waals surface area (Å²) in [5, 5.41) is 5.92. The van der Waals surface area contributed by atoms with E-state index in [1.807, 2.05) is 6.07 Å². The molecule has 0 bridgehead atoms. The molecule has 1 unspecified atom stereocenters. The lowest BCUT2D eigenvalue weighted by molar-refractivity contribution is 0.215. The van der Waals surface area contributed by atoms with Crippen LogP contribution in [0.2, 0.25) is 0 Å². The van der Waals surface area contributed by atoms with Crippen molar-refractivity contribution >= 4 is 26.7 Å². The monoisotopic (exact) mass is 319 g/mol. The second-order valence-corrected chi connectivity index (χ2v) is 6.00. The van der Waals surface area contributed by atoms with Gasteiger partial charge in [-0.05, 0) is 52.5 Å². The van der Waals surface area contributed by atoms with Gasteiger partial charge in [0.15, 0.2) is 0 Å². The molecule has 1 fully saturated rings. The average Bonchev–Trinajstić information content (AvgIpc) is 3.24. The Balaban J connectivity index is 1.74.